The zero-order valence-electron chi connectivity index (χ0n) is 11.3. The fraction of sp³-hybridized carbons (Fsp3) is 0.500. The van der Waals surface area contributed by atoms with E-state index in [2.05, 4.69) is 10.2 Å². The maximum atomic E-state index is 12.0. The summed E-state index contributed by atoms with van der Waals surface area (Å²) in [6, 6.07) is 5.55. The molecule has 1 fully saturated rings. The van der Waals surface area contributed by atoms with Crippen LogP contribution in [0.25, 0.3) is 0 Å². The first kappa shape index (κ1) is 14.2. The van der Waals surface area contributed by atoms with Gasteiger partial charge in [0.15, 0.2) is 0 Å². The fourth-order valence-corrected chi connectivity index (χ4v) is 3.10. The lowest BCUT2D eigenvalue weighted by Gasteiger charge is -2.19. The Labute approximate surface area is 118 Å². The summed E-state index contributed by atoms with van der Waals surface area (Å²) in [5, 5.41) is 2.96. The highest BCUT2D eigenvalue weighted by molar-refractivity contribution is 7.99. The average molecular weight is 279 g/mol. The predicted octanol–water partition coefficient (Wildman–Crippen LogP) is 1.95. The van der Waals surface area contributed by atoms with Gasteiger partial charge in [0.25, 0.3) is 0 Å². The van der Waals surface area contributed by atoms with Gasteiger partial charge in [-0.15, -0.1) is 0 Å². The van der Waals surface area contributed by atoms with Gasteiger partial charge in [-0.05, 0) is 49.4 Å². The van der Waals surface area contributed by atoms with Gasteiger partial charge in [0.05, 0.1) is 6.54 Å². The molecule has 1 aliphatic heterocycles. The van der Waals surface area contributed by atoms with Crippen LogP contribution in [0.5, 0.6) is 0 Å². The number of hydrogen-bond acceptors (Lipinski definition) is 4. The highest BCUT2D eigenvalue weighted by Crippen LogP contribution is 2.17. The van der Waals surface area contributed by atoms with Gasteiger partial charge in [0, 0.05) is 23.7 Å². The second-order valence-corrected chi connectivity index (χ2v) is 6.09. The number of aryl methyl sites for hydroxylation is 1. The molecule has 0 saturated carbocycles. The van der Waals surface area contributed by atoms with Crippen LogP contribution >= 0.6 is 11.8 Å². The van der Waals surface area contributed by atoms with Gasteiger partial charge in [-0.3, -0.25) is 9.69 Å². The monoisotopic (exact) mass is 279 g/mol. The summed E-state index contributed by atoms with van der Waals surface area (Å²) in [6.07, 6.45) is 1.17. The Morgan fingerprint density at radius 1 is 1.42 bits per heavy atom. The molecule has 2 rings (SSSR count). The Hall–Kier alpha value is -1.20. The number of nitrogens with one attached hydrogen (secondary N) is 1. The Morgan fingerprint density at radius 2 is 2.26 bits per heavy atom. The number of amides is 1. The summed E-state index contributed by atoms with van der Waals surface area (Å²) in [5.41, 5.74) is 8.27. The predicted molar refractivity (Wildman–Crippen MR) is 82.6 cm³/mol. The van der Waals surface area contributed by atoms with Crippen LogP contribution in [0.4, 0.5) is 11.4 Å². The van der Waals surface area contributed by atoms with E-state index in [1.165, 1.54) is 12.2 Å². The minimum Gasteiger partial charge on any atom is -0.399 e. The van der Waals surface area contributed by atoms with Crippen molar-refractivity contribution < 1.29 is 4.79 Å². The minimum absolute atomic E-state index is 0.0553. The van der Waals surface area contributed by atoms with E-state index in [1.54, 1.807) is 0 Å². The Morgan fingerprint density at radius 3 is 3.05 bits per heavy atom. The smallest absolute Gasteiger partial charge is 0.238 e. The Kier molecular flexibility index (Phi) is 5.10. The molecular formula is C14H21N3OS. The normalized spacial score (nSPS) is 16.9. The molecule has 0 atom stereocenters. The number of thioether (sulfide) groups is 1. The molecule has 1 heterocycles. The molecule has 0 aliphatic carbocycles. The first-order chi connectivity index (χ1) is 9.15. The maximum absolute atomic E-state index is 12.0. The number of hydrogen-bond donors (Lipinski definition) is 2. The third kappa shape index (κ3) is 4.44. The molecule has 0 spiro atoms. The molecule has 1 amide bonds. The van der Waals surface area contributed by atoms with Crippen LogP contribution in [0, 0.1) is 6.92 Å². The number of carbonyl (C=O) groups excluding carboxylic acids is 1. The number of nitrogens with zero attached hydrogens (tertiary/aromatic N) is 1. The molecule has 1 aromatic rings. The number of rotatable bonds is 3. The fourth-order valence-electron chi connectivity index (χ4n) is 2.18. The van der Waals surface area contributed by atoms with Gasteiger partial charge in [-0.25, -0.2) is 0 Å². The Balaban J connectivity index is 1.89. The lowest BCUT2D eigenvalue weighted by Crippen LogP contribution is -2.34. The number of nitrogen functional groups attached to an aromatic ring is 1. The maximum Gasteiger partial charge on any atom is 0.238 e. The van der Waals surface area contributed by atoms with Crippen LogP contribution in [-0.4, -0.2) is 41.9 Å². The number of anilines is 2. The van der Waals surface area contributed by atoms with E-state index in [9.17, 15) is 4.79 Å². The molecule has 19 heavy (non-hydrogen) atoms. The summed E-state index contributed by atoms with van der Waals surface area (Å²) in [6.45, 7) is 4.44. The minimum atomic E-state index is 0.0553. The molecule has 104 valence electrons. The number of carbonyl (C=O) groups is 1. The van der Waals surface area contributed by atoms with Crippen molar-refractivity contribution in [2.45, 2.75) is 13.3 Å². The van der Waals surface area contributed by atoms with E-state index in [4.69, 9.17) is 5.73 Å². The molecule has 0 unspecified atom stereocenters. The van der Waals surface area contributed by atoms with E-state index < -0.39 is 0 Å². The summed E-state index contributed by atoms with van der Waals surface area (Å²) >= 11 is 1.97. The van der Waals surface area contributed by atoms with E-state index >= 15 is 0 Å². The molecule has 1 aromatic carbocycles. The molecule has 4 nitrogen and oxygen atoms in total. The van der Waals surface area contributed by atoms with Crippen molar-refractivity contribution in [3.05, 3.63) is 23.8 Å². The van der Waals surface area contributed by atoms with Crippen molar-refractivity contribution in [2.24, 2.45) is 0 Å². The summed E-state index contributed by atoms with van der Waals surface area (Å²) in [7, 11) is 0. The molecule has 0 bridgehead atoms. The van der Waals surface area contributed by atoms with Gasteiger partial charge in [-0.1, -0.05) is 0 Å². The lowest BCUT2D eigenvalue weighted by molar-refractivity contribution is -0.117. The lowest BCUT2D eigenvalue weighted by atomic mass is 10.2. The van der Waals surface area contributed by atoms with Crippen LogP contribution < -0.4 is 11.1 Å². The first-order valence-electron chi connectivity index (χ1n) is 6.61. The molecule has 5 heteroatoms. The van der Waals surface area contributed by atoms with Gasteiger partial charge in [0.1, 0.15) is 0 Å². The number of benzene rings is 1. The third-order valence-electron chi connectivity index (χ3n) is 3.21. The topological polar surface area (TPSA) is 58.4 Å². The van der Waals surface area contributed by atoms with Gasteiger partial charge in [0.2, 0.25) is 5.91 Å². The zero-order chi connectivity index (χ0) is 13.7. The highest BCUT2D eigenvalue weighted by Gasteiger charge is 2.13. The summed E-state index contributed by atoms with van der Waals surface area (Å²) in [5.74, 6) is 2.38. The van der Waals surface area contributed by atoms with Gasteiger partial charge in [-0.2, -0.15) is 11.8 Å². The molecule has 1 aliphatic rings. The Bertz CT molecular complexity index is 442. The first-order valence-corrected chi connectivity index (χ1v) is 7.77. The van der Waals surface area contributed by atoms with E-state index in [0.29, 0.717) is 6.54 Å². The van der Waals surface area contributed by atoms with Crippen LogP contribution in [0.1, 0.15) is 12.0 Å². The van der Waals surface area contributed by atoms with Crippen LogP contribution in [0.2, 0.25) is 0 Å². The van der Waals surface area contributed by atoms with E-state index in [1.807, 2.05) is 36.9 Å². The quantitative estimate of drug-likeness (QED) is 0.830. The van der Waals surface area contributed by atoms with Crippen molar-refractivity contribution in [3.8, 4) is 0 Å². The van der Waals surface area contributed by atoms with E-state index in [-0.39, 0.29) is 5.91 Å². The SMILES string of the molecule is Cc1cc(N)ccc1NC(=O)CN1CCCSCC1. The second kappa shape index (κ2) is 6.82. The summed E-state index contributed by atoms with van der Waals surface area (Å²) in [4.78, 5) is 14.3. The van der Waals surface area contributed by atoms with Crippen LogP contribution in [-0.2, 0) is 4.79 Å². The zero-order valence-corrected chi connectivity index (χ0v) is 12.1. The van der Waals surface area contributed by atoms with Crippen LogP contribution in [0.3, 0.4) is 0 Å². The standard InChI is InChI=1S/C14H21N3OS/c1-11-9-12(15)3-4-13(11)16-14(18)10-17-5-2-7-19-8-6-17/h3-4,9H,2,5-8,10,15H2,1H3,(H,16,18). The molecular weight excluding hydrogens is 258 g/mol. The van der Waals surface area contributed by atoms with Gasteiger partial charge < -0.3 is 11.1 Å². The van der Waals surface area contributed by atoms with Crippen molar-refractivity contribution in [2.75, 3.05) is 42.2 Å². The van der Waals surface area contributed by atoms with Crippen molar-refractivity contribution in [1.82, 2.24) is 4.90 Å². The largest absolute Gasteiger partial charge is 0.399 e. The molecule has 3 N–H and O–H groups in total. The molecule has 0 aromatic heterocycles. The molecule has 1 saturated heterocycles. The van der Waals surface area contributed by atoms with E-state index in [0.717, 1.165) is 35.8 Å². The molecule has 0 radical (unpaired) electrons. The average Bonchev–Trinajstić information content (AvgIpc) is 2.61. The van der Waals surface area contributed by atoms with Crippen molar-refractivity contribution >= 4 is 29.0 Å². The summed E-state index contributed by atoms with van der Waals surface area (Å²) < 4.78 is 0. The number of nitrogens with two attached hydrogens (primary N) is 1. The van der Waals surface area contributed by atoms with Gasteiger partial charge >= 0.3 is 0 Å². The van der Waals surface area contributed by atoms with Crippen LogP contribution in [0.15, 0.2) is 18.2 Å². The third-order valence-corrected chi connectivity index (χ3v) is 4.26. The highest BCUT2D eigenvalue weighted by atomic mass is 32.2. The van der Waals surface area contributed by atoms with Crippen molar-refractivity contribution in [3.63, 3.8) is 0 Å². The van der Waals surface area contributed by atoms with Crippen molar-refractivity contribution in [1.29, 1.82) is 0 Å². The second-order valence-electron chi connectivity index (χ2n) is 4.86.